The fourth-order valence-electron chi connectivity index (χ4n) is 5.72. The first kappa shape index (κ1) is 28.9. The van der Waals surface area contributed by atoms with Crippen LogP contribution in [0.1, 0.15) is 71.4 Å². The summed E-state index contributed by atoms with van der Waals surface area (Å²) >= 11 is 0. The molecule has 1 unspecified atom stereocenters. The maximum Gasteiger partial charge on any atom is 0.264 e. The number of rotatable bonds is 8. The Balaban J connectivity index is 1.23. The summed E-state index contributed by atoms with van der Waals surface area (Å²) < 4.78 is 40.0. The molecular weight excluding hydrogens is 551 g/mol. The summed E-state index contributed by atoms with van der Waals surface area (Å²) in [5.74, 6) is -2.79. The molecule has 41 heavy (non-hydrogen) atoms. The molecule has 5 rings (SSSR count). The number of halogens is 1. The third-order valence-corrected chi connectivity index (χ3v) is 10.8. The second-order valence-electron chi connectivity index (χ2n) is 11.1. The van der Waals surface area contributed by atoms with Crippen LogP contribution < -0.4 is 10.6 Å². The van der Waals surface area contributed by atoms with E-state index in [1.54, 1.807) is 32.0 Å². The van der Waals surface area contributed by atoms with E-state index in [1.807, 2.05) is 6.07 Å². The van der Waals surface area contributed by atoms with Crippen LogP contribution in [-0.2, 0) is 32.5 Å². The number of benzene rings is 2. The molecule has 2 N–H and O–H groups in total. The van der Waals surface area contributed by atoms with Gasteiger partial charge in [-0.1, -0.05) is 18.2 Å². The predicted octanol–water partition coefficient (Wildman–Crippen LogP) is 2.63. The minimum atomic E-state index is -3.13. The Labute approximate surface area is 238 Å². The SMILES string of the molecule is CC(C)S(=O)(=O)C1CCN(Cc2ccc(CNc3cccc4c3C(=O)N(C3CCC(=O)NC3=O)C4=O)c(F)c2)CC1. The molecule has 0 spiro atoms. The first-order valence-corrected chi connectivity index (χ1v) is 15.4. The number of hydrogen-bond acceptors (Lipinski definition) is 8. The Hall–Kier alpha value is -3.64. The lowest BCUT2D eigenvalue weighted by Gasteiger charge is -2.32. The van der Waals surface area contributed by atoms with Gasteiger partial charge in [0.1, 0.15) is 11.9 Å². The lowest BCUT2D eigenvalue weighted by molar-refractivity contribution is -0.136. The molecule has 0 radical (unpaired) electrons. The zero-order chi connectivity index (χ0) is 29.5. The minimum Gasteiger partial charge on any atom is -0.380 e. The van der Waals surface area contributed by atoms with Gasteiger partial charge in [-0.15, -0.1) is 0 Å². The van der Waals surface area contributed by atoms with E-state index in [-0.39, 0.29) is 35.8 Å². The Kier molecular flexibility index (Phi) is 7.97. The van der Waals surface area contributed by atoms with Crippen molar-refractivity contribution < 1.29 is 32.0 Å². The van der Waals surface area contributed by atoms with Gasteiger partial charge in [0, 0.05) is 30.8 Å². The molecule has 2 aromatic carbocycles. The fourth-order valence-corrected chi connectivity index (χ4v) is 7.36. The maximum atomic E-state index is 15.1. The number of carbonyl (C=O) groups excluding carboxylic acids is 4. The van der Waals surface area contributed by atoms with Gasteiger partial charge < -0.3 is 5.32 Å². The van der Waals surface area contributed by atoms with Crippen LogP contribution in [0.25, 0.3) is 0 Å². The third-order valence-electron chi connectivity index (χ3n) is 8.12. The lowest BCUT2D eigenvalue weighted by Crippen LogP contribution is -2.54. The van der Waals surface area contributed by atoms with E-state index in [0.29, 0.717) is 43.7 Å². The zero-order valence-corrected chi connectivity index (χ0v) is 23.8. The van der Waals surface area contributed by atoms with E-state index in [1.165, 1.54) is 12.1 Å². The molecule has 2 fully saturated rings. The summed E-state index contributed by atoms with van der Waals surface area (Å²) in [5, 5.41) is 4.51. The van der Waals surface area contributed by atoms with Crippen LogP contribution in [0.3, 0.4) is 0 Å². The number of hydrogen-bond donors (Lipinski definition) is 2. The molecule has 0 bridgehead atoms. The van der Waals surface area contributed by atoms with Crippen molar-refractivity contribution in [2.75, 3.05) is 18.4 Å². The van der Waals surface area contributed by atoms with Gasteiger partial charge in [-0.2, -0.15) is 0 Å². The number of sulfone groups is 1. The van der Waals surface area contributed by atoms with Gasteiger partial charge in [-0.05, 0) is 70.0 Å². The Morgan fingerprint density at radius 2 is 1.76 bits per heavy atom. The van der Waals surface area contributed by atoms with Crippen LogP contribution in [-0.4, -0.2) is 71.5 Å². The van der Waals surface area contributed by atoms with Crippen molar-refractivity contribution >= 4 is 39.2 Å². The first-order chi connectivity index (χ1) is 19.5. The predicted molar refractivity (Wildman–Crippen MR) is 149 cm³/mol. The first-order valence-electron chi connectivity index (χ1n) is 13.8. The monoisotopic (exact) mass is 584 g/mol. The van der Waals surface area contributed by atoms with Crippen LogP contribution in [0.15, 0.2) is 36.4 Å². The average molecular weight is 585 g/mol. The quantitative estimate of drug-likeness (QED) is 0.453. The number of fused-ring (bicyclic) bond motifs is 1. The van der Waals surface area contributed by atoms with Gasteiger partial charge in [-0.3, -0.25) is 34.3 Å². The standard InChI is InChI=1S/C29H33FN4O6S/c1-17(2)41(39,40)20-10-12-33(13-11-20)16-18-6-7-19(22(30)14-18)15-31-23-5-3-4-21-26(23)29(38)34(28(21)37)24-8-9-25(35)32-27(24)36/h3-7,14,17,20,24,31H,8-13,15-16H2,1-2H3,(H,32,35,36). The van der Waals surface area contributed by atoms with Crippen LogP contribution in [0, 0.1) is 5.82 Å². The molecule has 218 valence electrons. The van der Waals surface area contributed by atoms with Crippen molar-refractivity contribution in [3.05, 3.63) is 64.5 Å². The number of imide groups is 2. The normalized spacial score (nSPS) is 20.5. The van der Waals surface area contributed by atoms with Gasteiger partial charge in [0.2, 0.25) is 11.8 Å². The van der Waals surface area contributed by atoms with E-state index in [9.17, 15) is 27.6 Å². The number of nitrogens with zero attached hydrogens (tertiary/aromatic N) is 2. The molecule has 3 aliphatic heterocycles. The van der Waals surface area contributed by atoms with Crippen LogP contribution in [0.5, 0.6) is 0 Å². The zero-order valence-electron chi connectivity index (χ0n) is 23.0. The van der Waals surface area contributed by atoms with E-state index in [2.05, 4.69) is 15.5 Å². The fraction of sp³-hybridized carbons (Fsp3) is 0.448. The van der Waals surface area contributed by atoms with E-state index in [4.69, 9.17) is 0 Å². The number of piperidine rings is 2. The smallest absolute Gasteiger partial charge is 0.264 e. The maximum absolute atomic E-state index is 15.1. The third kappa shape index (κ3) is 5.62. The number of nitrogens with one attached hydrogen (secondary N) is 2. The van der Waals surface area contributed by atoms with Gasteiger partial charge in [-0.25, -0.2) is 12.8 Å². The summed E-state index contributed by atoms with van der Waals surface area (Å²) in [5.41, 5.74) is 1.75. The van der Waals surface area contributed by atoms with E-state index >= 15 is 4.39 Å². The molecule has 3 heterocycles. The molecule has 4 amide bonds. The van der Waals surface area contributed by atoms with Crippen molar-refractivity contribution in [2.45, 2.75) is 69.2 Å². The molecule has 2 aromatic rings. The molecule has 0 aliphatic carbocycles. The van der Waals surface area contributed by atoms with Crippen molar-refractivity contribution in [2.24, 2.45) is 0 Å². The molecular formula is C29H33FN4O6S. The topological polar surface area (TPSA) is 133 Å². The highest BCUT2D eigenvalue weighted by molar-refractivity contribution is 7.92. The van der Waals surface area contributed by atoms with Crippen molar-refractivity contribution in [1.82, 2.24) is 15.1 Å². The van der Waals surface area contributed by atoms with Gasteiger partial charge in [0.25, 0.3) is 11.8 Å². The number of likely N-dealkylation sites (tertiary alicyclic amines) is 1. The molecule has 0 aromatic heterocycles. The minimum absolute atomic E-state index is 0.0303. The van der Waals surface area contributed by atoms with Crippen LogP contribution in [0.4, 0.5) is 10.1 Å². The molecule has 2 saturated heterocycles. The summed E-state index contributed by atoms with van der Waals surface area (Å²) in [6.07, 6.45) is 1.22. The van der Waals surface area contributed by atoms with Crippen LogP contribution >= 0.6 is 0 Å². The highest BCUT2D eigenvalue weighted by atomic mass is 32.2. The Bertz CT molecular complexity index is 1520. The number of amides is 4. The summed E-state index contributed by atoms with van der Waals surface area (Å²) in [4.78, 5) is 53.2. The van der Waals surface area contributed by atoms with Crippen molar-refractivity contribution in [3.63, 3.8) is 0 Å². The number of anilines is 1. The van der Waals surface area contributed by atoms with Gasteiger partial charge >= 0.3 is 0 Å². The van der Waals surface area contributed by atoms with Crippen LogP contribution in [0.2, 0.25) is 0 Å². The second-order valence-corrected chi connectivity index (χ2v) is 13.9. The summed E-state index contributed by atoms with van der Waals surface area (Å²) in [6, 6.07) is 8.61. The Morgan fingerprint density at radius 3 is 2.41 bits per heavy atom. The van der Waals surface area contributed by atoms with Gasteiger partial charge in [0.15, 0.2) is 9.84 Å². The van der Waals surface area contributed by atoms with Crippen molar-refractivity contribution in [1.29, 1.82) is 0 Å². The number of carbonyl (C=O) groups is 4. The Morgan fingerprint density at radius 1 is 1.02 bits per heavy atom. The highest BCUT2D eigenvalue weighted by Crippen LogP contribution is 2.33. The van der Waals surface area contributed by atoms with E-state index in [0.717, 1.165) is 10.5 Å². The second kappa shape index (κ2) is 11.3. The highest BCUT2D eigenvalue weighted by Gasteiger charge is 2.45. The summed E-state index contributed by atoms with van der Waals surface area (Å²) in [7, 11) is -3.13. The lowest BCUT2D eigenvalue weighted by atomic mass is 10.0. The molecule has 10 nitrogen and oxygen atoms in total. The molecule has 12 heteroatoms. The molecule has 1 atom stereocenters. The van der Waals surface area contributed by atoms with Gasteiger partial charge in [0.05, 0.1) is 21.6 Å². The van der Waals surface area contributed by atoms with Crippen molar-refractivity contribution in [3.8, 4) is 0 Å². The largest absolute Gasteiger partial charge is 0.380 e. The van der Waals surface area contributed by atoms with E-state index < -0.39 is 50.6 Å². The molecule has 0 saturated carbocycles. The summed E-state index contributed by atoms with van der Waals surface area (Å²) in [6.45, 7) is 5.24. The average Bonchev–Trinajstić information content (AvgIpc) is 3.18. The molecule has 3 aliphatic rings.